The molecule has 2 aliphatic heterocycles. The van der Waals surface area contributed by atoms with E-state index in [1.54, 1.807) is 6.92 Å². The van der Waals surface area contributed by atoms with E-state index in [4.69, 9.17) is 9.97 Å². The minimum absolute atomic E-state index is 0.00938. The molecule has 6 nitrogen and oxygen atoms in total. The van der Waals surface area contributed by atoms with E-state index in [0.29, 0.717) is 0 Å². The van der Waals surface area contributed by atoms with Crippen LogP contribution in [0.4, 0.5) is 5.82 Å². The van der Waals surface area contributed by atoms with Gasteiger partial charge in [-0.05, 0) is 44.7 Å². The average molecular weight is 351 g/mol. The molecule has 136 valence electrons. The molecule has 0 unspecified atom stereocenters. The van der Waals surface area contributed by atoms with E-state index in [1.807, 2.05) is 23.2 Å². The monoisotopic (exact) mass is 351 g/mol. The van der Waals surface area contributed by atoms with E-state index in [9.17, 15) is 4.79 Å². The van der Waals surface area contributed by atoms with Crippen molar-refractivity contribution in [3.8, 4) is 0 Å². The van der Waals surface area contributed by atoms with Crippen molar-refractivity contribution >= 4 is 11.7 Å². The van der Waals surface area contributed by atoms with Gasteiger partial charge < -0.3 is 9.80 Å². The number of pyridine rings is 1. The van der Waals surface area contributed by atoms with Gasteiger partial charge in [0, 0.05) is 37.5 Å². The third kappa shape index (κ3) is 3.16. The van der Waals surface area contributed by atoms with E-state index in [1.165, 1.54) is 5.56 Å². The number of carbonyl (C=O) groups is 1. The lowest BCUT2D eigenvalue weighted by molar-refractivity contribution is -0.129. The summed E-state index contributed by atoms with van der Waals surface area (Å²) in [7, 11) is 0. The van der Waals surface area contributed by atoms with E-state index in [-0.39, 0.29) is 11.9 Å². The normalized spacial score (nSPS) is 19.5. The van der Waals surface area contributed by atoms with Gasteiger partial charge in [-0.25, -0.2) is 9.97 Å². The average Bonchev–Trinajstić information content (AvgIpc) is 3.13. The summed E-state index contributed by atoms with van der Waals surface area (Å²) in [5, 5.41) is 0. The largest absolute Gasteiger partial charge is 0.350 e. The lowest BCUT2D eigenvalue weighted by atomic mass is 10.0. The van der Waals surface area contributed by atoms with Crippen LogP contribution in [0.1, 0.15) is 55.0 Å². The first-order valence-electron chi connectivity index (χ1n) is 9.43. The Bertz CT molecular complexity index is 807. The van der Waals surface area contributed by atoms with Crippen molar-refractivity contribution in [1.82, 2.24) is 19.9 Å². The van der Waals surface area contributed by atoms with Crippen molar-refractivity contribution < 1.29 is 4.79 Å². The fraction of sp³-hybridized carbons (Fsp3) is 0.500. The van der Waals surface area contributed by atoms with Crippen molar-refractivity contribution in [2.45, 2.75) is 52.1 Å². The number of fused-ring (bicyclic) bond motifs is 1. The number of aryl methyl sites for hydroxylation is 1. The first kappa shape index (κ1) is 16.9. The molecule has 0 aliphatic carbocycles. The highest BCUT2D eigenvalue weighted by Crippen LogP contribution is 2.34. The van der Waals surface area contributed by atoms with Gasteiger partial charge in [0.05, 0.1) is 18.3 Å². The summed E-state index contributed by atoms with van der Waals surface area (Å²) in [4.78, 5) is 30.4. The number of hydrogen-bond acceptors (Lipinski definition) is 5. The topological polar surface area (TPSA) is 62.2 Å². The molecule has 2 aliphatic rings. The maximum Gasteiger partial charge on any atom is 0.220 e. The van der Waals surface area contributed by atoms with Crippen molar-refractivity contribution in [2.75, 3.05) is 18.0 Å². The molecule has 2 aromatic heterocycles. The van der Waals surface area contributed by atoms with Gasteiger partial charge in [-0.2, -0.15) is 0 Å². The fourth-order valence-corrected chi connectivity index (χ4v) is 4.11. The molecule has 0 spiro atoms. The SMILES string of the molecule is CC(=O)N1CCC[C@H]1c1nc(C)c2c(n1)N(Cc1ccccn1)CCC2. The van der Waals surface area contributed by atoms with Crippen molar-refractivity contribution in [3.05, 3.63) is 47.2 Å². The van der Waals surface area contributed by atoms with Crippen LogP contribution in [-0.4, -0.2) is 38.8 Å². The fourth-order valence-electron chi connectivity index (χ4n) is 4.11. The second kappa shape index (κ2) is 7.02. The molecule has 0 N–H and O–H groups in total. The Kier molecular flexibility index (Phi) is 4.57. The van der Waals surface area contributed by atoms with Crippen molar-refractivity contribution in [1.29, 1.82) is 0 Å². The van der Waals surface area contributed by atoms with Gasteiger partial charge in [0.25, 0.3) is 0 Å². The minimum Gasteiger partial charge on any atom is -0.350 e. The van der Waals surface area contributed by atoms with Crippen LogP contribution in [0.15, 0.2) is 24.4 Å². The highest BCUT2D eigenvalue weighted by atomic mass is 16.2. The van der Waals surface area contributed by atoms with Crippen molar-refractivity contribution in [2.24, 2.45) is 0 Å². The lowest BCUT2D eigenvalue weighted by Gasteiger charge is -2.32. The molecule has 0 saturated carbocycles. The van der Waals surface area contributed by atoms with Crippen LogP contribution in [0.5, 0.6) is 0 Å². The molecule has 2 aromatic rings. The zero-order valence-electron chi connectivity index (χ0n) is 15.5. The molecule has 1 saturated heterocycles. The molecule has 1 fully saturated rings. The number of likely N-dealkylation sites (tertiary alicyclic amines) is 1. The van der Waals surface area contributed by atoms with Gasteiger partial charge in [0.2, 0.25) is 5.91 Å². The van der Waals surface area contributed by atoms with Crippen LogP contribution in [0, 0.1) is 6.92 Å². The molecule has 4 rings (SSSR count). The lowest BCUT2D eigenvalue weighted by Crippen LogP contribution is -2.33. The third-order valence-electron chi connectivity index (χ3n) is 5.40. The van der Waals surface area contributed by atoms with E-state index in [0.717, 1.165) is 68.3 Å². The quantitative estimate of drug-likeness (QED) is 0.851. The Hall–Kier alpha value is -2.50. The van der Waals surface area contributed by atoms with Crippen LogP contribution in [0.3, 0.4) is 0 Å². The zero-order chi connectivity index (χ0) is 18.1. The Morgan fingerprint density at radius 2 is 2.12 bits per heavy atom. The molecule has 1 atom stereocenters. The van der Waals surface area contributed by atoms with E-state index >= 15 is 0 Å². The maximum atomic E-state index is 12.0. The number of amides is 1. The van der Waals surface area contributed by atoms with Gasteiger partial charge in [-0.1, -0.05) is 6.07 Å². The predicted octanol–water partition coefficient (Wildman–Crippen LogP) is 2.82. The third-order valence-corrected chi connectivity index (χ3v) is 5.40. The summed E-state index contributed by atoms with van der Waals surface area (Å²) in [6, 6.07) is 6.02. The number of anilines is 1. The van der Waals surface area contributed by atoms with Gasteiger partial charge >= 0.3 is 0 Å². The van der Waals surface area contributed by atoms with Crippen LogP contribution in [-0.2, 0) is 17.8 Å². The zero-order valence-corrected chi connectivity index (χ0v) is 15.5. The molecule has 4 heterocycles. The first-order chi connectivity index (χ1) is 12.6. The number of rotatable bonds is 3. The number of hydrogen-bond donors (Lipinski definition) is 0. The Balaban J connectivity index is 1.69. The molecule has 6 heteroatoms. The van der Waals surface area contributed by atoms with Crippen LogP contribution < -0.4 is 4.90 Å². The second-order valence-electron chi connectivity index (χ2n) is 7.19. The summed E-state index contributed by atoms with van der Waals surface area (Å²) in [5.74, 6) is 1.93. The smallest absolute Gasteiger partial charge is 0.220 e. The van der Waals surface area contributed by atoms with Crippen LogP contribution >= 0.6 is 0 Å². The van der Waals surface area contributed by atoms with Gasteiger partial charge in [0.1, 0.15) is 5.82 Å². The molecule has 0 radical (unpaired) electrons. The first-order valence-corrected chi connectivity index (χ1v) is 9.43. The summed E-state index contributed by atoms with van der Waals surface area (Å²) >= 11 is 0. The Morgan fingerprint density at radius 1 is 1.23 bits per heavy atom. The number of nitrogens with zero attached hydrogens (tertiary/aromatic N) is 5. The highest BCUT2D eigenvalue weighted by Gasteiger charge is 2.32. The Morgan fingerprint density at radius 3 is 2.88 bits per heavy atom. The second-order valence-corrected chi connectivity index (χ2v) is 7.19. The van der Waals surface area contributed by atoms with Gasteiger partial charge in [0.15, 0.2) is 5.82 Å². The minimum atomic E-state index is 0.00938. The summed E-state index contributed by atoms with van der Waals surface area (Å²) in [6.07, 6.45) is 5.91. The number of aromatic nitrogens is 3. The van der Waals surface area contributed by atoms with Crippen molar-refractivity contribution in [3.63, 3.8) is 0 Å². The molecular weight excluding hydrogens is 326 g/mol. The maximum absolute atomic E-state index is 12.0. The number of carbonyl (C=O) groups excluding carboxylic acids is 1. The van der Waals surface area contributed by atoms with E-state index < -0.39 is 0 Å². The molecule has 1 amide bonds. The Labute approximate surface area is 154 Å². The van der Waals surface area contributed by atoms with Gasteiger partial charge in [-0.3, -0.25) is 9.78 Å². The summed E-state index contributed by atoms with van der Waals surface area (Å²) < 4.78 is 0. The van der Waals surface area contributed by atoms with E-state index in [2.05, 4.69) is 22.9 Å². The molecule has 26 heavy (non-hydrogen) atoms. The van der Waals surface area contributed by atoms with Crippen LogP contribution in [0.2, 0.25) is 0 Å². The summed E-state index contributed by atoms with van der Waals surface area (Å²) in [6.45, 7) is 6.24. The predicted molar refractivity (Wildman–Crippen MR) is 99.7 cm³/mol. The highest BCUT2D eigenvalue weighted by molar-refractivity contribution is 5.74. The van der Waals surface area contributed by atoms with Crippen LogP contribution in [0.25, 0.3) is 0 Å². The van der Waals surface area contributed by atoms with Gasteiger partial charge in [-0.15, -0.1) is 0 Å². The molecular formula is C20H25N5O. The summed E-state index contributed by atoms with van der Waals surface area (Å²) in [5.41, 5.74) is 3.33. The standard InChI is InChI=1S/C20H25N5O/c1-14-17-8-5-11-24(13-16-7-3-4-10-21-16)20(17)23-19(22-14)18-9-6-12-25(18)15(2)26/h3-4,7,10,18H,5-6,8-9,11-13H2,1-2H3/t18-/m0/s1. The molecule has 0 bridgehead atoms. The molecule has 0 aromatic carbocycles.